The van der Waals surface area contributed by atoms with E-state index in [1.54, 1.807) is 13.0 Å². The molecule has 0 fully saturated rings. The summed E-state index contributed by atoms with van der Waals surface area (Å²) in [5, 5.41) is 3.33. The lowest BCUT2D eigenvalue weighted by Gasteiger charge is -2.08. The lowest BCUT2D eigenvalue weighted by Crippen LogP contribution is -2.26. The normalized spacial score (nSPS) is 12.4. The summed E-state index contributed by atoms with van der Waals surface area (Å²) in [6.07, 6.45) is -0.511. The summed E-state index contributed by atoms with van der Waals surface area (Å²) < 4.78 is 18.3. The molecule has 1 amide bonds. The number of alkyl carbamates (subject to hydrolysis) is 1. The fraction of sp³-hybridized carbons (Fsp3) is 0.273. The van der Waals surface area contributed by atoms with Gasteiger partial charge in [0.25, 0.3) is 0 Å². The minimum absolute atomic E-state index is 0.261. The van der Waals surface area contributed by atoms with E-state index in [0.29, 0.717) is 0 Å². The first kappa shape index (κ1) is 11.8. The fourth-order valence-corrected chi connectivity index (χ4v) is 2.39. The molecule has 4 nitrogen and oxygen atoms in total. The molecule has 17 heavy (non-hydrogen) atoms. The van der Waals surface area contributed by atoms with Gasteiger partial charge in [0.2, 0.25) is 0 Å². The average molecular weight is 254 g/mol. The molecule has 0 aliphatic rings. The number of fused-ring (bicyclic) bond motifs is 1. The number of aromatic nitrogens is 1. The van der Waals surface area contributed by atoms with Crippen molar-refractivity contribution in [3.8, 4) is 0 Å². The quantitative estimate of drug-likeness (QED) is 0.896. The Morgan fingerprint density at radius 2 is 2.35 bits per heavy atom. The molecule has 0 unspecified atom stereocenters. The molecule has 0 spiro atoms. The van der Waals surface area contributed by atoms with Gasteiger partial charge in [0, 0.05) is 0 Å². The van der Waals surface area contributed by atoms with E-state index in [-0.39, 0.29) is 11.9 Å². The van der Waals surface area contributed by atoms with Crippen molar-refractivity contribution in [2.75, 3.05) is 7.11 Å². The highest BCUT2D eigenvalue weighted by Crippen LogP contribution is 2.26. The first-order valence-corrected chi connectivity index (χ1v) is 5.82. The number of nitrogens with zero attached hydrogens (tertiary/aromatic N) is 1. The summed E-state index contributed by atoms with van der Waals surface area (Å²) >= 11 is 1.35. The van der Waals surface area contributed by atoms with Crippen LogP contribution in [-0.4, -0.2) is 18.2 Å². The molecule has 1 heterocycles. The van der Waals surface area contributed by atoms with Crippen LogP contribution >= 0.6 is 11.3 Å². The molecule has 0 bridgehead atoms. The highest BCUT2D eigenvalue weighted by molar-refractivity contribution is 7.18. The van der Waals surface area contributed by atoms with Crippen LogP contribution < -0.4 is 5.32 Å². The number of amides is 1. The fourth-order valence-electron chi connectivity index (χ4n) is 1.40. The van der Waals surface area contributed by atoms with Gasteiger partial charge in [0.05, 0.1) is 23.4 Å². The number of rotatable bonds is 2. The van der Waals surface area contributed by atoms with Crippen molar-refractivity contribution >= 4 is 27.6 Å². The number of hydrogen-bond donors (Lipinski definition) is 1. The number of benzene rings is 1. The lowest BCUT2D eigenvalue weighted by molar-refractivity contribution is 0.167. The molecule has 0 aliphatic carbocycles. The average Bonchev–Trinajstić information content (AvgIpc) is 2.71. The second-order valence-electron chi connectivity index (χ2n) is 3.52. The molecular weight excluding hydrogens is 243 g/mol. The molecule has 0 aliphatic heterocycles. The summed E-state index contributed by atoms with van der Waals surface area (Å²) in [7, 11) is 1.30. The van der Waals surface area contributed by atoms with Crippen LogP contribution in [0.4, 0.5) is 9.18 Å². The molecular formula is C11H11FN2O2S. The van der Waals surface area contributed by atoms with E-state index in [2.05, 4.69) is 15.0 Å². The largest absolute Gasteiger partial charge is 0.453 e. The molecule has 1 aromatic heterocycles. The monoisotopic (exact) mass is 254 g/mol. The van der Waals surface area contributed by atoms with Crippen LogP contribution in [0.3, 0.4) is 0 Å². The highest BCUT2D eigenvalue weighted by atomic mass is 32.1. The van der Waals surface area contributed by atoms with Crippen molar-refractivity contribution in [1.82, 2.24) is 10.3 Å². The van der Waals surface area contributed by atoms with E-state index >= 15 is 0 Å². The van der Waals surface area contributed by atoms with Gasteiger partial charge in [-0.1, -0.05) is 0 Å². The Balaban J connectivity index is 2.27. The highest BCUT2D eigenvalue weighted by Gasteiger charge is 2.14. The number of nitrogens with one attached hydrogen (secondary N) is 1. The molecule has 1 atom stereocenters. The zero-order valence-corrected chi connectivity index (χ0v) is 10.2. The Bertz CT molecular complexity index is 555. The molecule has 6 heteroatoms. The maximum Gasteiger partial charge on any atom is 0.407 e. The van der Waals surface area contributed by atoms with Crippen LogP contribution in [0, 0.1) is 5.82 Å². The Morgan fingerprint density at radius 1 is 1.59 bits per heavy atom. The van der Waals surface area contributed by atoms with Gasteiger partial charge in [-0.2, -0.15) is 0 Å². The maximum absolute atomic E-state index is 13.0. The van der Waals surface area contributed by atoms with E-state index in [9.17, 15) is 9.18 Å². The number of carbonyl (C=O) groups excluding carboxylic acids is 1. The third-order valence-electron chi connectivity index (χ3n) is 2.26. The number of methoxy groups -OCH3 is 1. The van der Waals surface area contributed by atoms with Gasteiger partial charge in [-0.3, -0.25) is 0 Å². The Kier molecular flexibility index (Phi) is 3.23. The maximum atomic E-state index is 13.0. The number of halogens is 1. The second-order valence-corrected chi connectivity index (χ2v) is 4.58. The number of carbonyl (C=O) groups is 1. The molecule has 0 radical (unpaired) electrons. The van der Waals surface area contributed by atoms with Crippen LogP contribution in [-0.2, 0) is 4.74 Å². The topological polar surface area (TPSA) is 51.2 Å². The van der Waals surface area contributed by atoms with Crippen molar-refractivity contribution in [2.45, 2.75) is 13.0 Å². The van der Waals surface area contributed by atoms with Crippen LogP contribution in [0.5, 0.6) is 0 Å². The molecule has 1 N–H and O–H groups in total. The zero-order valence-electron chi connectivity index (χ0n) is 9.36. The molecule has 1 aromatic carbocycles. The number of hydrogen-bond acceptors (Lipinski definition) is 4. The first-order valence-electron chi connectivity index (χ1n) is 5.00. The van der Waals surface area contributed by atoms with Crippen molar-refractivity contribution in [2.24, 2.45) is 0 Å². The molecule has 90 valence electrons. The van der Waals surface area contributed by atoms with E-state index in [1.807, 2.05) is 0 Å². The van der Waals surface area contributed by atoms with E-state index in [4.69, 9.17) is 0 Å². The molecule has 2 rings (SSSR count). The Morgan fingerprint density at radius 3 is 3.06 bits per heavy atom. The van der Waals surface area contributed by atoms with Crippen molar-refractivity contribution < 1.29 is 13.9 Å². The van der Waals surface area contributed by atoms with Gasteiger partial charge >= 0.3 is 6.09 Å². The predicted octanol–water partition coefficient (Wildman–Crippen LogP) is 2.85. The van der Waals surface area contributed by atoms with Gasteiger partial charge in [-0.25, -0.2) is 14.2 Å². The first-order chi connectivity index (χ1) is 8.10. The van der Waals surface area contributed by atoms with E-state index in [1.165, 1.54) is 30.6 Å². The van der Waals surface area contributed by atoms with Gasteiger partial charge in [0.15, 0.2) is 0 Å². The minimum Gasteiger partial charge on any atom is -0.453 e. The Hall–Kier alpha value is -1.69. The third-order valence-corrected chi connectivity index (χ3v) is 3.46. The summed E-state index contributed by atoms with van der Waals surface area (Å²) in [4.78, 5) is 15.4. The third kappa shape index (κ3) is 2.52. The summed E-state index contributed by atoms with van der Waals surface area (Å²) in [6, 6.07) is 4.16. The minimum atomic E-state index is -0.511. The molecule has 0 saturated carbocycles. The summed E-state index contributed by atoms with van der Waals surface area (Å²) in [5.74, 6) is -0.290. The van der Waals surface area contributed by atoms with E-state index < -0.39 is 6.09 Å². The summed E-state index contributed by atoms with van der Waals surface area (Å²) in [5.41, 5.74) is 0.727. The SMILES string of the molecule is COC(=O)N[C@H](C)c1nc2ccc(F)cc2s1. The van der Waals surface area contributed by atoms with Crippen LogP contribution in [0.25, 0.3) is 10.2 Å². The van der Waals surface area contributed by atoms with E-state index in [0.717, 1.165) is 15.2 Å². The predicted molar refractivity (Wildman–Crippen MR) is 63.5 cm³/mol. The van der Waals surface area contributed by atoms with Gasteiger partial charge < -0.3 is 10.1 Å². The van der Waals surface area contributed by atoms with Gasteiger partial charge in [-0.05, 0) is 25.1 Å². The zero-order chi connectivity index (χ0) is 12.4. The van der Waals surface area contributed by atoms with Crippen molar-refractivity contribution in [3.05, 3.63) is 29.0 Å². The Labute approximate surface area is 101 Å². The van der Waals surface area contributed by atoms with Gasteiger partial charge in [-0.15, -0.1) is 11.3 Å². The van der Waals surface area contributed by atoms with Crippen LogP contribution in [0.1, 0.15) is 18.0 Å². The number of thiazole rings is 1. The smallest absolute Gasteiger partial charge is 0.407 e. The molecule has 2 aromatic rings. The number of ether oxygens (including phenoxy) is 1. The van der Waals surface area contributed by atoms with Crippen molar-refractivity contribution in [3.63, 3.8) is 0 Å². The van der Waals surface area contributed by atoms with Crippen LogP contribution in [0.15, 0.2) is 18.2 Å². The standard InChI is InChI=1S/C11H11FN2O2S/c1-6(13-11(15)16-2)10-14-8-4-3-7(12)5-9(8)17-10/h3-6H,1-2H3,(H,13,15)/t6-/m1/s1. The molecule has 0 saturated heterocycles. The second kappa shape index (κ2) is 4.67. The van der Waals surface area contributed by atoms with Gasteiger partial charge in [0.1, 0.15) is 10.8 Å². The van der Waals surface area contributed by atoms with Crippen LogP contribution in [0.2, 0.25) is 0 Å². The van der Waals surface area contributed by atoms with Crippen molar-refractivity contribution in [1.29, 1.82) is 0 Å². The summed E-state index contributed by atoms with van der Waals surface area (Å²) in [6.45, 7) is 1.80. The lowest BCUT2D eigenvalue weighted by atomic mass is 10.3.